The van der Waals surface area contributed by atoms with E-state index in [1.807, 2.05) is 55.4 Å². The molecule has 0 radical (unpaired) electrons. The number of hydrogen-bond acceptors (Lipinski definition) is 5. The number of rotatable bonds is 7. The zero-order chi connectivity index (χ0) is 20.9. The van der Waals surface area contributed by atoms with Gasteiger partial charge in [0.25, 0.3) is 5.91 Å². The molecule has 1 aliphatic rings. The summed E-state index contributed by atoms with van der Waals surface area (Å²) in [6, 6.07) is 14.7. The molecule has 1 saturated heterocycles. The second kappa shape index (κ2) is 9.39. The molecule has 1 fully saturated rings. The van der Waals surface area contributed by atoms with Gasteiger partial charge in [-0.05, 0) is 29.3 Å². The maximum absolute atomic E-state index is 12.7. The summed E-state index contributed by atoms with van der Waals surface area (Å²) in [5, 5.41) is 2.90. The van der Waals surface area contributed by atoms with Crippen LogP contribution in [0.2, 0.25) is 0 Å². The van der Waals surface area contributed by atoms with E-state index in [0.717, 1.165) is 11.3 Å². The van der Waals surface area contributed by atoms with Crippen LogP contribution in [0.4, 0.5) is 5.69 Å². The molecule has 1 aliphatic heterocycles. The summed E-state index contributed by atoms with van der Waals surface area (Å²) < 4.78 is 32.2. The van der Waals surface area contributed by atoms with E-state index in [1.54, 1.807) is 12.1 Å². The number of anilines is 1. The summed E-state index contributed by atoms with van der Waals surface area (Å²) in [4.78, 5) is 14.5. The molecular formula is C21H27N3O4S. The SMILES string of the molecule is CN(C)c1cccc(C(=O)NCc2ccccc2CS(=O)(=O)N2CCOCC2)c1. The van der Waals surface area contributed by atoms with Gasteiger partial charge in [0.2, 0.25) is 10.0 Å². The number of nitrogens with zero attached hydrogens (tertiary/aromatic N) is 2. The molecule has 2 aromatic rings. The summed E-state index contributed by atoms with van der Waals surface area (Å²) >= 11 is 0. The van der Waals surface area contributed by atoms with Crippen LogP contribution in [0.1, 0.15) is 21.5 Å². The fraction of sp³-hybridized carbons (Fsp3) is 0.381. The average Bonchev–Trinajstić information content (AvgIpc) is 2.73. The van der Waals surface area contributed by atoms with Crippen LogP contribution < -0.4 is 10.2 Å². The number of morpholine rings is 1. The minimum atomic E-state index is -3.43. The van der Waals surface area contributed by atoms with Crippen molar-refractivity contribution in [3.63, 3.8) is 0 Å². The number of benzene rings is 2. The molecule has 1 N–H and O–H groups in total. The summed E-state index contributed by atoms with van der Waals surface area (Å²) in [5.74, 6) is -0.283. The van der Waals surface area contributed by atoms with Crippen molar-refractivity contribution in [1.29, 1.82) is 0 Å². The fourth-order valence-electron chi connectivity index (χ4n) is 3.19. The number of hydrogen-bond donors (Lipinski definition) is 1. The number of carbonyl (C=O) groups excluding carboxylic acids is 1. The van der Waals surface area contributed by atoms with E-state index in [1.165, 1.54) is 4.31 Å². The predicted octanol–water partition coefficient (Wildman–Crippen LogP) is 1.84. The van der Waals surface area contributed by atoms with Crippen molar-refractivity contribution in [2.45, 2.75) is 12.3 Å². The van der Waals surface area contributed by atoms with Gasteiger partial charge in [-0.2, -0.15) is 4.31 Å². The summed E-state index contributed by atoms with van der Waals surface area (Å²) in [6.45, 7) is 1.86. The second-order valence-electron chi connectivity index (χ2n) is 7.16. The van der Waals surface area contributed by atoms with Crippen LogP contribution in [-0.4, -0.2) is 59.0 Å². The first-order valence-corrected chi connectivity index (χ1v) is 11.2. The quantitative estimate of drug-likeness (QED) is 0.744. The summed E-state index contributed by atoms with van der Waals surface area (Å²) in [7, 11) is 0.408. The van der Waals surface area contributed by atoms with Crippen molar-refractivity contribution in [2.75, 3.05) is 45.3 Å². The van der Waals surface area contributed by atoms with Crippen molar-refractivity contribution >= 4 is 21.6 Å². The monoisotopic (exact) mass is 417 g/mol. The normalized spacial score (nSPS) is 15.1. The Hall–Kier alpha value is -2.42. The fourth-order valence-corrected chi connectivity index (χ4v) is 4.75. The van der Waals surface area contributed by atoms with Gasteiger partial charge in [-0.1, -0.05) is 30.3 Å². The zero-order valence-electron chi connectivity index (χ0n) is 16.8. The van der Waals surface area contributed by atoms with Gasteiger partial charge >= 0.3 is 0 Å². The van der Waals surface area contributed by atoms with Gasteiger partial charge in [-0.3, -0.25) is 4.79 Å². The van der Waals surface area contributed by atoms with Gasteiger partial charge in [0.15, 0.2) is 0 Å². The lowest BCUT2D eigenvalue weighted by atomic mass is 10.1. The molecule has 1 heterocycles. The number of amides is 1. The maximum atomic E-state index is 12.7. The largest absolute Gasteiger partial charge is 0.379 e. The Bertz CT molecular complexity index is 954. The maximum Gasteiger partial charge on any atom is 0.251 e. The minimum Gasteiger partial charge on any atom is -0.379 e. The number of nitrogens with one attached hydrogen (secondary N) is 1. The van der Waals surface area contributed by atoms with Crippen molar-refractivity contribution in [2.24, 2.45) is 0 Å². The molecule has 0 atom stereocenters. The van der Waals surface area contributed by atoms with Crippen LogP contribution in [0.15, 0.2) is 48.5 Å². The third-order valence-corrected chi connectivity index (χ3v) is 6.71. The third-order valence-electron chi connectivity index (χ3n) is 4.88. The Balaban J connectivity index is 1.69. The highest BCUT2D eigenvalue weighted by molar-refractivity contribution is 7.88. The minimum absolute atomic E-state index is 0.0881. The number of carbonyl (C=O) groups is 1. The lowest BCUT2D eigenvalue weighted by molar-refractivity contribution is 0.0729. The first kappa shape index (κ1) is 21.3. The molecule has 3 rings (SSSR count). The summed E-state index contributed by atoms with van der Waals surface area (Å²) in [5.41, 5.74) is 2.99. The standard InChI is InChI=1S/C21H27N3O4S/c1-23(2)20-9-5-8-17(14-20)21(25)22-15-18-6-3-4-7-19(18)16-29(26,27)24-10-12-28-13-11-24/h3-9,14H,10-13,15-16H2,1-2H3,(H,22,25). The zero-order valence-corrected chi connectivity index (χ0v) is 17.6. The smallest absolute Gasteiger partial charge is 0.251 e. The molecule has 0 saturated carbocycles. The molecule has 0 bridgehead atoms. The molecule has 0 spiro atoms. The molecule has 2 aromatic carbocycles. The van der Waals surface area contributed by atoms with Gasteiger partial charge in [0.1, 0.15) is 0 Å². The first-order valence-electron chi connectivity index (χ1n) is 9.55. The molecule has 0 unspecified atom stereocenters. The van der Waals surface area contributed by atoms with E-state index in [2.05, 4.69) is 5.32 Å². The Morgan fingerprint density at radius 1 is 1.07 bits per heavy atom. The van der Waals surface area contributed by atoms with E-state index in [9.17, 15) is 13.2 Å². The molecule has 1 amide bonds. The van der Waals surface area contributed by atoms with Crippen LogP contribution in [0.5, 0.6) is 0 Å². The Morgan fingerprint density at radius 3 is 2.45 bits per heavy atom. The second-order valence-corrected chi connectivity index (χ2v) is 9.13. The molecule has 156 valence electrons. The molecular weight excluding hydrogens is 390 g/mol. The predicted molar refractivity (Wildman–Crippen MR) is 113 cm³/mol. The van der Waals surface area contributed by atoms with Gasteiger partial charge < -0.3 is 15.0 Å². The van der Waals surface area contributed by atoms with Gasteiger partial charge in [-0.25, -0.2) is 8.42 Å². The van der Waals surface area contributed by atoms with E-state index < -0.39 is 10.0 Å². The van der Waals surface area contributed by atoms with Gasteiger partial charge in [0, 0.05) is 45.0 Å². The third kappa shape index (κ3) is 5.56. The molecule has 29 heavy (non-hydrogen) atoms. The lowest BCUT2D eigenvalue weighted by Crippen LogP contribution is -2.41. The Morgan fingerprint density at radius 2 is 1.76 bits per heavy atom. The van der Waals surface area contributed by atoms with Crippen molar-refractivity contribution in [3.8, 4) is 0 Å². The van der Waals surface area contributed by atoms with Crippen LogP contribution >= 0.6 is 0 Å². The summed E-state index contributed by atoms with van der Waals surface area (Å²) in [6.07, 6.45) is 0. The molecule has 0 aliphatic carbocycles. The van der Waals surface area contributed by atoms with E-state index in [-0.39, 0.29) is 18.2 Å². The average molecular weight is 418 g/mol. The van der Waals surface area contributed by atoms with Crippen molar-refractivity contribution in [1.82, 2.24) is 9.62 Å². The van der Waals surface area contributed by atoms with Crippen LogP contribution in [-0.2, 0) is 27.1 Å². The van der Waals surface area contributed by atoms with Crippen molar-refractivity contribution in [3.05, 3.63) is 65.2 Å². The first-order chi connectivity index (χ1) is 13.9. The number of sulfonamides is 1. The van der Waals surface area contributed by atoms with Crippen LogP contribution in [0.25, 0.3) is 0 Å². The highest BCUT2D eigenvalue weighted by atomic mass is 32.2. The van der Waals surface area contributed by atoms with Crippen LogP contribution in [0.3, 0.4) is 0 Å². The van der Waals surface area contributed by atoms with Crippen molar-refractivity contribution < 1.29 is 17.9 Å². The highest BCUT2D eigenvalue weighted by Crippen LogP contribution is 2.17. The van der Waals surface area contributed by atoms with Crippen LogP contribution in [0, 0.1) is 0 Å². The Kier molecular flexibility index (Phi) is 6.89. The highest BCUT2D eigenvalue weighted by Gasteiger charge is 2.25. The van der Waals surface area contributed by atoms with E-state index in [4.69, 9.17) is 4.74 Å². The van der Waals surface area contributed by atoms with Gasteiger partial charge in [-0.15, -0.1) is 0 Å². The molecule has 0 aromatic heterocycles. The van der Waals surface area contributed by atoms with E-state index >= 15 is 0 Å². The van der Waals surface area contributed by atoms with E-state index in [0.29, 0.717) is 37.4 Å². The van der Waals surface area contributed by atoms with Gasteiger partial charge in [0.05, 0.1) is 19.0 Å². The number of ether oxygens (including phenoxy) is 1. The molecule has 7 nitrogen and oxygen atoms in total. The lowest BCUT2D eigenvalue weighted by Gasteiger charge is -2.26. The molecule has 8 heteroatoms. The Labute approximate surface area is 172 Å². The topological polar surface area (TPSA) is 79.0 Å².